The maximum absolute atomic E-state index is 12.5. The number of carbonyl (C=O) groups excluding carboxylic acids is 3. The van der Waals surface area contributed by atoms with E-state index in [2.05, 4.69) is 5.32 Å². The van der Waals surface area contributed by atoms with Crippen LogP contribution in [0.25, 0.3) is 0 Å². The normalized spacial score (nSPS) is 15.0. The number of esters is 1. The average molecular weight is 495 g/mol. The van der Waals surface area contributed by atoms with Crippen molar-refractivity contribution in [2.45, 2.75) is 6.42 Å². The van der Waals surface area contributed by atoms with Crippen molar-refractivity contribution < 1.29 is 28.6 Å². The lowest BCUT2D eigenvalue weighted by atomic mass is 10.1. The molecule has 0 aliphatic carbocycles. The van der Waals surface area contributed by atoms with Crippen LogP contribution in [0.2, 0.25) is 5.02 Å². The van der Waals surface area contributed by atoms with E-state index in [0.717, 1.165) is 0 Å². The molecule has 2 amide bonds. The monoisotopic (exact) mass is 494 g/mol. The van der Waals surface area contributed by atoms with E-state index in [1.54, 1.807) is 67.8 Å². The van der Waals surface area contributed by atoms with Crippen LogP contribution in [0.4, 0.5) is 11.4 Å². The molecule has 0 radical (unpaired) electrons. The van der Waals surface area contributed by atoms with Gasteiger partial charge in [0.1, 0.15) is 5.75 Å². The number of amides is 2. The molecule has 0 saturated carbocycles. The van der Waals surface area contributed by atoms with Gasteiger partial charge in [-0.05, 0) is 48.5 Å². The fourth-order valence-electron chi connectivity index (χ4n) is 3.64. The number of rotatable bonds is 8. The fourth-order valence-corrected chi connectivity index (χ4v) is 3.83. The lowest BCUT2D eigenvalue weighted by Crippen LogP contribution is -2.28. The Bertz CT molecular complexity index is 1230. The molecule has 0 aromatic heterocycles. The number of para-hydroxylation sites is 3. The molecule has 1 heterocycles. The van der Waals surface area contributed by atoms with Gasteiger partial charge in [0.05, 0.1) is 23.7 Å². The van der Waals surface area contributed by atoms with E-state index < -0.39 is 24.4 Å². The third-order valence-corrected chi connectivity index (χ3v) is 5.73. The van der Waals surface area contributed by atoms with Crippen LogP contribution in [0.3, 0.4) is 0 Å². The van der Waals surface area contributed by atoms with Gasteiger partial charge in [-0.2, -0.15) is 0 Å². The van der Waals surface area contributed by atoms with Gasteiger partial charge < -0.3 is 24.4 Å². The van der Waals surface area contributed by atoms with Gasteiger partial charge in [0, 0.05) is 18.7 Å². The Morgan fingerprint density at radius 1 is 1.00 bits per heavy atom. The number of hydrogen-bond donors (Lipinski definition) is 1. The Kier molecular flexibility index (Phi) is 7.52. The highest BCUT2D eigenvalue weighted by Crippen LogP contribution is 2.33. The summed E-state index contributed by atoms with van der Waals surface area (Å²) in [4.78, 5) is 38.6. The zero-order valence-electron chi connectivity index (χ0n) is 18.9. The van der Waals surface area contributed by atoms with E-state index in [4.69, 9.17) is 25.8 Å². The molecule has 0 spiro atoms. The standard InChI is InChI=1S/C26H23ClN2O6/c1-33-22-8-4-5-9-23(22)35-19-12-10-18(11-13-19)29-15-17(14-25(29)31)26(32)34-16-24(30)28-21-7-3-2-6-20(21)27/h2-13,17H,14-16H2,1H3,(H,28,30)/t17-/m0/s1. The van der Waals surface area contributed by atoms with Gasteiger partial charge in [-0.1, -0.05) is 35.9 Å². The van der Waals surface area contributed by atoms with E-state index >= 15 is 0 Å². The smallest absolute Gasteiger partial charge is 0.311 e. The van der Waals surface area contributed by atoms with E-state index in [1.165, 1.54) is 4.90 Å². The molecule has 3 aromatic carbocycles. The van der Waals surface area contributed by atoms with Crippen LogP contribution in [-0.2, 0) is 19.1 Å². The molecule has 1 aliphatic rings. The Hall–Kier alpha value is -4.04. The summed E-state index contributed by atoms with van der Waals surface area (Å²) in [6, 6.07) is 21.0. The van der Waals surface area contributed by atoms with Crippen molar-refractivity contribution in [3.05, 3.63) is 77.8 Å². The minimum atomic E-state index is -0.667. The van der Waals surface area contributed by atoms with Crippen molar-refractivity contribution in [3.8, 4) is 17.2 Å². The second kappa shape index (κ2) is 10.9. The second-order valence-corrected chi connectivity index (χ2v) is 8.20. The summed E-state index contributed by atoms with van der Waals surface area (Å²) >= 11 is 6.01. The first-order valence-electron chi connectivity index (χ1n) is 10.9. The van der Waals surface area contributed by atoms with Gasteiger partial charge >= 0.3 is 5.97 Å². The van der Waals surface area contributed by atoms with Crippen LogP contribution < -0.4 is 19.7 Å². The average Bonchev–Trinajstić information content (AvgIpc) is 3.26. The summed E-state index contributed by atoms with van der Waals surface area (Å²) in [6.07, 6.45) is 0.00440. The number of hydrogen-bond acceptors (Lipinski definition) is 6. The number of benzene rings is 3. The number of ether oxygens (including phenoxy) is 3. The van der Waals surface area contributed by atoms with Crippen LogP contribution >= 0.6 is 11.6 Å². The Morgan fingerprint density at radius 3 is 2.40 bits per heavy atom. The maximum atomic E-state index is 12.5. The Morgan fingerprint density at radius 2 is 1.69 bits per heavy atom. The zero-order valence-corrected chi connectivity index (χ0v) is 19.7. The van der Waals surface area contributed by atoms with Gasteiger partial charge in [0.2, 0.25) is 5.91 Å². The van der Waals surface area contributed by atoms with E-state index in [-0.39, 0.29) is 18.9 Å². The van der Waals surface area contributed by atoms with E-state index in [1.807, 2.05) is 12.1 Å². The van der Waals surface area contributed by atoms with Crippen LogP contribution in [0.1, 0.15) is 6.42 Å². The molecule has 1 aliphatic heterocycles. The molecule has 0 bridgehead atoms. The van der Waals surface area contributed by atoms with Gasteiger partial charge in [-0.3, -0.25) is 14.4 Å². The molecule has 1 fully saturated rings. The Labute approximate surface area is 207 Å². The highest BCUT2D eigenvalue weighted by atomic mass is 35.5. The minimum Gasteiger partial charge on any atom is -0.493 e. The van der Waals surface area contributed by atoms with Crippen molar-refractivity contribution in [1.29, 1.82) is 0 Å². The first-order chi connectivity index (χ1) is 16.9. The second-order valence-electron chi connectivity index (χ2n) is 7.79. The molecular weight excluding hydrogens is 472 g/mol. The first kappa shape index (κ1) is 24.1. The fraction of sp³-hybridized carbons (Fsp3) is 0.192. The predicted octanol–water partition coefficient (Wildman–Crippen LogP) is 4.68. The van der Waals surface area contributed by atoms with Crippen molar-refractivity contribution in [1.82, 2.24) is 0 Å². The lowest BCUT2D eigenvalue weighted by Gasteiger charge is -2.17. The summed E-state index contributed by atoms with van der Waals surface area (Å²) in [5.41, 5.74) is 1.06. The molecule has 9 heteroatoms. The van der Waals surface area contributed by atoms with Crippen LogP contribution in [-0.4, -0.2) is 38.0 Å². The predicted molar refractivity (Wildman–Crippen MR) is 131 cm³/mol. The Balaban J connectivity index is 1.31. The summed E-state index contributed by atoms with van der Waals surface area (Å²) in [5, 5.41) is 2.96. The van der Waals surface area contributed by atoms with Crippen molar-refractivity contribution in [2.75, 3.05) is 30.5 Å². The summed E-state index contributed by atoms with van der Waals surface area (Å²) < 4.78 is 16.3. The SMILES string of the molecule is COc1ccccc1Oc1ccc(N2C[C@@H](C(=O)OCC(=O)Nc3ccccc3Cl)CC2=O)cc1. The molecule has 4 rings (SSSR count). The third-order valence-electron chi connectivity index (χ3n) is 5.40. The highest BCUT2D eigenvalue weighted by Gasteiger charge is 2.36. The van der Waals surface area contributed by atoms with Gasteiger partial charge in [0.25, 0.3) is 5.91 Å². The molecule has 8 nitrogen and oxygen atoms in total. The van der Waals surface area contributed by atoms with Crippen LogP contribution in [0, 0.1) is 5.92 Å². The lowest BCUT2D eigenvalue weighted by molar-refractivity contribution is -0.151. The molecule has 1 N–H and O–H groups in total. The molecule has 35 heavy (non-hydrogen) atoms. The van der Waals surface area contributed by atoms with Crippen molar-refractivity contribution in [3.63, 3.8) is 0 Å². The molecule has 3 aromatic rings. The number of nitrogens with zero attached hydrogens (tertiary/aromatic N) is 1. The third kappa shape index (κ3) is 5.91. The number of carbonyl (C=O) groups is 3. The summed E-state index contributed by atoms with van der Waals surface area (Å²) in [5.74, 6) is -0.240. The van der Waals surface area contributed by atoms with Gasteiger partial charge in [-0.15, -0.1) is 0 Å². The van der Waals surface area contributed by atoms with Crippen molar-refractivity contribution in [2.24, 2.45) is 5.92 Å². The van der Waals surface area contributed by atoms with E-state index in [9.17, 15) is 14.4 Å². The van der Waals surface area contributed by atoms with Gasteiger partial charge in [0.15, 0.2) is 18.1 Å². The molecule has 1 atom stereocenters. The highest BCUT2D eigenvalue weighted by molar-refractivity contribution is 6.33. The van der Waals surface area contributed by atoms with Gasteiger partial charge in [-0.25, -0.2) is 0 Å². The largest absolute Gasteiger partial charge is 0.493 e. The maximum Gasteiger partial charge on any atom is 0.311 e. The minimum absolute atomic E-state index is 0.00440. The molecular formula is C26H23ClN2O6. The number of halogens is 1. The molecule has 0 unspecified atom stereocenters. The van der Waals surface area contributed by atoms with Crippen LogP contribution in [0.15, 0.2) is 72.8 Å². The number of methoxy groups -OCH3 is 1. The van der Waals surface area contributed by atoms with Crippen LogP contribution in [0.5, 0.6) is 17.2 Å². The quantitative estimate of drug-likeness (QED) is 0.457. The molecule has 180 valence electrons. The number of anilines is 2. The zero-order chi connectivity index (χ0) is 24.8. The number of nitrogens with one attached hydrogen (secondary N) is 1. The van der Waals surface area contributed by atoms with E-state index in [0.29, 0.717) is 33.6 Å². The first-order valence-corrected chi connectivity index (χ1v) is 11.2. The summed E-state index contributed by atoms with van der Waals surface area (Å²) in [7, 11) is 1.57. The summed E-state index contributed by atoms with van der Waals surface area (Å²) in [6.45, 7) is -0.305. The van der Waals surface area contributed by atoms with Crippen molar-refractivity contribution >= 4 is 40.8 Å². The molecule has 1 saturated heterocycles. The topological polar surface area (TPSA) is 94.2 Å².